The van der Waals surface area contributed by atoms with Gasteiger partial charge in [-0.3, -0.25) is 0 Å². The van der Waals surface area contributed by atoms with Crippen LogP contribution in [-0.2, 0) is 6.54 Å². The first-order chi connectivity index (χ1) is 8.67. The molecular formula is C16H22N2. The molecule has 2 heteroatoms. The summed E-state index contributed by atoms with van der Waals surface area (Å²) in [5, 5.41) is 12.5. The predicted octanol–water partition coefficient (Wildman–Crippen LogP) is 3.47. The van der Waals surface area contributed by atoms with Crippen LogP contribution in [0.15, 0.2) is 24.3 Å². The summed E-state index contributed by atoms with van der Waals surface area (Å²) in [6, 6.07) is 10.7. The Labute approximate surface area is 110 Å². The maximum Gasteiger partial charge on any atom is 0.0991 e. The quantitative estimate of drug-likeness (QED) is 0.881. The minimum atomic E-state index is 0.634. The van der Waals surface area contributed by atoms with E-state index >= 15 is 0 Å². The molecule has 2 atom stereocenters. The molecule has 0 aromatic heterocycles. The lowest BCUT2D eigenvalue weighted by molar-refractivity contribution is 0.238. The molecule has 1 aromatic rings. The van der Waals surface area contributed by atoms with Crippen LogP contribution in [0.25, 0.3) is 0 Å². The largest absolute Gasteiger partial charge is 0.310 e. The minimum absolute atomic E-state index is 0.634. The molecule has 1 N–H and O–H groups in total. The molecule has 18 heavy (non-hydrogen) atoms. The SMILES string of the molecule is CC1CC(C)CC(NCc2cccc(C#N)c2)C1. The maximum atomic E-state index is 8.88. The zero-order chi connectivity index (χ0) is 13.0. The molecular weight excluding hydrogens is 220 g/mol. The van der Waals surface area contributed by atoms with E-state index in [-0.39, 0.29) is 0 Å². The first kappa shape index (κ1) is 13.1. The Morgan fingerprint density at radius 3 is 2.61 bits per heavy atom. The third-order valence-electron chi connectivity index (χ3n) is 3.83. The topological polar surface area (TPSA) is 35.8 Å². The number of benzene rings is 1. The molecule has 0 radical (unpaired) electrons. The van der Waals surface area contributed by atoms with E-state index in [0.29, 0.717) is 6.04 Å². The van der Waals surface area contributed by atoms with E-state index < -0.39 is 0 Å². The van der Waals surface area contributed by atoms with Gasteiger partial charge in [0.2, 0.25) is 0 Å². The Balaban J connectivity index is 1.89. The normalized spacial score (nSPS) is 27.7. The van der Waals surface area contributed by atoms with Crippen LogP contribution in [0.4, 0.5) is 0 Å². The number of rotatable bonds is 3. The molecule has 0 saturated heterocycles. The summed E-state index contributed by atoms with van der Waals surface area (Å²) in [5.41, 5.74) is 1.96. The van der Waals surface area contributed by atoms with Crippen LogP contribution >= 0.6 is 0 Å². The lowest BCUT2D eigenvalue weighted by atomic mass is 9.80. The second kappa shape index (κ2) is 6.02. The Morgan fingerprint density at radius 1 is 1.22 bits per heavy atom. The fraction of sp³-hybridized carbons (Fsp3) is 0.562. The number of nitrogens with zero attached hydrogens (tertiary/aromatic N) is 1. The highest BCUT2D eigenvalue weighted by Gasteiger charge is 2.23. The monoisotopic (exact) mass is 242 g/mol. The van der Waals surface area contributed by atoms with Crippen molar-refractivity contribution in [3.63, 3.8) is 0 Å². The van der Waals surface area contributed by atoms with Gasteiger partial charge in [-0.2, -0.15) is 5.26 Å². The molecule has 2 nitrogen and oxygen atoms in total. The van der Waals surface area contributed by atoms with Crippen molar-refractivity contribution in [2.24, 2.45) is 11.8 Å². The molecule has 1 fully saturated rings. The highest BCUT2D eigenvalue weighted by Crippen LogP contribution is 2.28. The van der Waals surface area contributed by atoms with Gasteiger partial charge < -0.3 is 5.32 Å². The van der Waals surface area contributed by atoms with Gasteiger partial charge in [0, 0.05) is 12.6 Å². The average molecular weight is 242 g/mol. The van der Waals surface area contributed by atoms with Crippen LogP contribution in [0, 0.1) is 23.2 Å². The van der Waals surface area contributed by atoms with Crippen LogP contribution in [0.5, 0.6) is 0 Å². The first-order valence-electron chi connectivity index (χ1n) is 6.89. The Morgan fingerprint density at radius 2 is 1.94 bits per heavy atom. The average Bonchev–Trinajstić information content (AvgIpc) is 2.35. The molecule has 0 spiro atoms. The highest BCUT2D eigenvalue weighted by atomic mass is 14.9. The molecule has 0 aliphatic heterocycles. The van der Waals surface area contributed by atoms with E-state index in [1.807, 2.05) is 18.2 Å². The van der Waals surface area contributed by atoms with Gasteiger partial charge in [0.25, 0.3) is 0 Å². The van der Waals surface area contributed by atoms with Crippen LogP contribution in [0.2, 0.25) is 0 Å². The van der Waals surface area contributed by atoms with Crippen molar-refractivity contribution in [1.82, 2.24) is 5.32 Å². The van der Waals surface area contributed by atoms with E-state index in [4.69, 9.17) is 5.26 Å². The zero-order valence-electron chi connectivity index (χ0n) is 11.3. The van der Waals surface area contributed by atoms with Crippen molar-refractivity contribution in [2.75, 3.05) is 0 Å². The molecule has 2 rings (SSSR count). The van der Waals surface area contributed by atoms with Crippen LogP contribution in [-0.4, -0.2) is 6.04 Å². The fourth-order valence-corrected chi connectivity index (χ4v) is 3.13. The molecule has 0 heterocycles. The molecule has 2 unspecified atom stereocenters. The Bertz CT molecular complexity index is 423. The van der Waals surface area contributed by atoms with Gasteiger partial charge in [0.1, 0.15) is 0 Å². The van der Waals surface area contributed by atoms with Gasteiger partial charge in [0.15, 0.2) is 0 Å². The predicted molar refractivity (Wildman–Crippen MR) is 74.0 cm³/mol. The smallest absolute Gasteiger partial charge is 0.0991 e. The summed E-state index contributed by atoms with van der Waals surface area (Å²) in [7, 11) is 0. The van der Waals surface area contributed by atoms with E-state index in [1.165, 1.54) is 24.8 Å². The maximum absolute atomic E-state index is 8.88. The zero-order valence-corrected chi connectivity index (χ0v) is 11.3. The van der Waals surface area contributed by atoms with E-state index in [9.17, 15) is 0 Å². The van der Waals surface area contributed by atoms with Gasteiger partial charge >= 0.3 is 0 Å². The standard InChI is InChI=1S/C16H22N2/c1-12-6-13(2)8-16(7-12)18-11-15-5-3-4-14(9-15)10-17/h3-5,9,12-13,16,18H,6-8,11H2,1-2H3. The van der Waals surface area contributed by atoms with Crippen LogP contribution < -0.4 is 5.32 Å². The summed E-state index contributed by atoms with van der Waals surface area (Å²) < 4.78 is 0. The lowest BCUT2D eigenvalue weighted by Gasteiger charge is -2.32. The molecule has 96 valence electrons. The highest BCUT2D eigenvalue weighted by molar-refractivity contribution is 5.32. The molecule has 1 aromatic carbocycles. The van der Waals surface area contributed by atoms with Gasteiger partial charge in [-0.05, 0) is 48.8 Å². The van der Waals surface area contributed by atoms with Crippen molar-refractivity contribution in [3.8, 4) is 6.07 Å². The first-order valence-corrected chi connectivity index (χ1v) is 6.89. The van der Waals surface area contributed by atoms with Crippen molar-refractivity contribution >= 4 is 0 Å². The van der Waals surface area contributed by atoms with Crippen molar-refractivity contribution < 1.29 is 0 Å². The van der Waals surface area contributed by atoms with E-state index in [1.54, 1.807) is 0 Å². The van der Waals surface area contributed by atoms with Crippen molar-refractivity contribution in [1.29, 1.82) is 5.26 Å². The molecule has 1 saturated carbocycles. The summed E-state index contributed by atoms with van der Waals surface area (Å²) in [5.74, 6) is 1.66. The third kappa shape index (κ3) is 3.58. The Hall–Kier alpha value is -1.33. The Kier molecular flexibility index (Phi) is 4.38. The van der Waals surface area contributed by atoms with Crippen molar-refractivity contribution in [2.45, 2.75) is 45.7 Å². The summed E-state index contributed by atoms with van der Waals surface area (Å²) >= 11 is 0. The second-order valence-corrected chi connectivity index (χ2v) is 5.81. The van der Waals surface area contributed by atoms with Crippen molar-refractivity contribution in [3.05, 3.63) is 35.4 Å². The van der Waals surface area contributed by atoms with Gasteiger partial charge in [-0.15, -0.1) is 0 Å². The fourth-order valence-electron chi connectivity index (χ4n) is 3.13. The summed E-state index contributed by atoms with van der Waals surface area (Å²) in [4.78, 5) is 0. The number of nitriles is 1. The molecule has 0 bridgehead atoms. The van der Waals surface area contributed by atoms with E-state index in [0.717, 1.165) is 23.9 Å². The van der Waals surface area contributed by atoms with Gasteiger partial charge in [-0.1, -0.05) is 26.0 Å². The number of nitrogens with one attached hydrogen (secondary N) is 1. The number of hydrogen-bond donors (Lipinski definition) is 1. The summed E-state index contributed by atoms with van der Waals surface area (Å²) in [6.07, 6.45) is 3.92. The van der Waals surface area contributed by atoms with E-state index in [2.05, 4.69) is 31.3 Å². The third-order valence-corrected chi connectivity index (χ3v) is 3.83. The van der Waals surface area contributed by atoms with Gasteiger partial charge in [0.05, 0.1) is 11.6 Å². The van der Waals surface area contributed by atoms with Gasteiger partial charge in [-0.25, -0.2) is 0 Å². The lowest BCUT2D eigenvalue weighted by Crippen LogP contribution is -2.35. The summed E-state index contributed by atoms with van der Waals surface area (Å²) in [6.45, 7) is 5.57. The molecule has 1 aliphatic rings. The second-order valence-electron chi connectivity index (χ2n) is 5.81. The van der Waals surface area contributed by atoms with Crippen LogP contribution in [0.1, 0.15) is 44.2 Å². The minimum Gasteiger partial charge on any atom is -0.310 e. The molecule has 0 amide bonds. The van der Waals surface area contributed by atoms with Crippen LogP contribution in [0.3, 0.4) is 0 Å². The number of hydrogen-bond acceptors (Lipinski definition) is 2. The molecule has 1 aliphatic carbocycles.